The maximum Gasteiger partial charge on any atom is 0.335 e. The van der Waals surface area contributed by atoms with Crippen molar-refractivity contribution in [3.05, 3.63) is 22.9 Å². The first-order chi connectivity index (χ1) is 11.6. The first-order valence-electron chi connectivity index (χ1n) is 8.10. The molecule has 1 aliphatic rings. The number of anilines is 1. The van der Waals surface area contributed by atoms with Crippen LogP contribution in [-0.2, 0) is 20.9 Å². The van der Waals surface area contributed by atoms with Crippen molar-refractivity contribution in [3.63, 3.8) is 0 Å². The third-order valence-electron chi connectivity index (χ3n) is 4.16. The zero-order chi connectivity index (χ0) is 17.3. The van der Waals surface area contributed by atoms with Gasteiger partial charge in [-0.2, -0.15) is 0 Å². The fourth-order valence-electron chi connectivity index (χ4n) is 3.20. The lowest BCUT2D eigenvalue weighted by atomic mass is 10.1. The largest absolute Gasteiger partial charge is 0.463 e. The van der Waals surface area contributed by atoms with Gasteiger partial charge in [0.1, 0.15) is 5.82 Å². The zero-order valence-corrected chi connectivity index (χ0v) is 14.3. The Morgan fingerprint density at radius 2 is 2.21 bits per heavy atom. The highest BCUT2D eigenvalue weighted by molar-refractivity contribution is 5.98. The number of pyridine rings is 1. The fourth-order valence-corrected chi connectivity index (χ4v) is 3.20. The molecule has 0 aliphatic heterocycles. The number of fused-ring (bicyclic) bond motifs is 1. The molecule has 0 amide bonds. The summed E-state index contributed by atoms with van der Waals surface area (Å²) < 4.78 is 12.1. The van der Waals surface area contributed by atoms with Crippen LogP contribution in [0.15, 0.2) is 11.6 Å². The highest BCUT2D eigenvalue weighted by Crippen LogP contribution is 2.35. The van der Waals surface area contributed by atoms with Gasteiger partial charge in [-0.05, 0) is 44.7 Å². The molecular weight excluding hydrogens is 308 g/mol. The highest BCUT2D eigenvalue weighted by Gasteiger charge is 2.26. The quantitative estimate of drug-likeness (QED) is 0.847. The molecule has 0 unspecified atom stereocenters. The van der Waals surface area contributed by atoms with Gasteiger partial charge < -0.3 is 15.2 Å². The number of nitrogens with two attached hydrogens (primary N) is 1. The number of aryl methyl sites for hydroxylation is 1. The van der Waals surface area contributed by atoms with Gasteiger partial charge in [-0.1, -0.05) is 0 Å². The number of methoxy groups -OCH3 is 1. The minimum Gasteiger partial charge on any atom is -0.463 e. The number of esters is 1. The number of hydrogen-bond acceptors (Lipinski definition) is 6. The number of hydrogen-bond donors (Lipinski definition) is 1. The maximum absolute atomic E-state index is 12.2. The molecule has 0 saturated carbocycles. The second kappa shape index (κ2) is 6.60. The van der Waals surface area contributed by atoms with Gasteiger partial charge in [0.15, 0.2) is 5.65 Å². The molecule has 3 rings (SSSR count). The van der Waals surface area contributed by atoms with Crippen LogP contribution in [0, 0.1) is 6.92 Å². The van der Waals surface area contributed by atoms with Gasteiger partial charge in [0.05, 0.1) is 29.9 Å². The molecule has 0 radical (unpaired) electrons. The number of nitrogen functional groups attached to an aromatic ring is 1. The first-order valence-corrected chi connectivity index (χ1v) is 8.10. The number of carbonyl (C=O) groups is 1. The molecule has 2 aromatic rings. The monoisotopic (exact) mass is 330 g/mol. The van der Waals surface area contributed by atoms with E-state index in [0.717, 1.165) is 35.2 Å². The summed E-state index contributed by atoms with van der Waals surface area (Å²) in [5.74, 6) is 0.202. The van der Waals surface area contributed by atoms with Crippen LogP contribution in [0.3, 0.4) is 0 Å². The van der Waals surface area contributed by atoms with Crippen molar-refractivity contribution in [2.24, 2.45) is 0 Å². The Hall–Kier alpha value is -2.41. The summed E-state index contributed by atoms with van der Waals surface area (Å²) in [5.41, 5.74) is 10.2. The van der Waals surface area contributed by atoms with Gasteiger partial charge >= 0.3 is 5.97 Å². The van der Waals surface area contributed by atoms with Crippen LogP contribution in [0.1, 0.15) is 37.4 Å². The van der Waals surface area contributed by atoms with Crippen LogP contribution in [0.5, 0.6) is 0 Å². The molecule has 24 heavy (non-hydrogen) atoms. The van der Waals surface area contributed by atoms with Crippen molar-refractivity contribution < 1.29 is 14.3 Å². The van der Waals surface area contributed by atoms with Gasteiger partial charge in [0.2, 0.25) is 0 Å². The standard InChI is InChI=1S/C17H22N4O3/c1-4-24-17(22)12-6-5-7-13(12)21-15(18)14-11(9-23-3)8-10(2)19-16(14)20-21/h8H,4-7,9,18H2,1-3H3. The lowest BCUT2D eigenvalue weighted by Gasteiger charge is -2.09. The molecule has 7 nitrogen and oxygen atoms in total. The predicted octanol–water partition coefficient (Wildman–Crippen LogP) is 2.43. The average molecular weight is 330 g/mol. The molecule has 0 saturated heterocycles. The van der Waals surface area contributed by atoms with E-state index in [1.165, 1.54) is 0 Å². The summed E-state index contributed by atoms with van der Waals surface area (Å²) in [6.07, 6.45) is 2.31. The highest BCUT2D eigenvalue weighted by atomic mass is 16.5. The predicted molar refractivity (Wildman–Crippen MR) is 91.1 cm³/mol. The molecule has 7 heteroatoms. The summed E-state index contributed by atoms with van der Waals surface area (Å²) in [5, 5.41) is 5.33. The van der Waals surface area contributed by atoms with E-state index in [0.29, 0.717) is 36.7 Å². The van der Waals surface area contributed by atoms with Crippen molar-refractivity contribution in [1.29, 1.82) is 0 Å². The molecular formula is C17H22N4O3. The van der Waals surface area contributed by atoms with E-state index in [1.807, 2.05) is 13.0 Å². The van der Waals surface area contributed by atoms with Crippen LogP contribution in [0.25, 0.3) is 16.7 Å². The Morgan fingerprint density at radius 1 is 1.42 bits per heavy atom. The maximum atomic E-state index is 12.2. The molecule has 2 heterocycles. The third-order valence-corrected chi connectivity index (χ3v) is 4.16. The molecule has 0 atom stereocenters. The smallest absolute Gasteiger partial charge is 0.335 e. The zero-order valence-electron chi connectivity index (χ0n) is 14.3. The summed E-state index contributed by atoms with van der Waals surface area (Å²) >= 11 is 0. The van der Waals surface area contributed by atoms with E-state index in [-0.39, 0.29) is 5.97 Å². The van der Waals surface area contributed by atoms with Crippen molar-refractivity contribution in [2.45, 2.75) is 39.7 Å². The minimum absolute atomic E-state index is 0.287. The lowest BCUT2D eigenvalue weighted by molar-refractivity contribution is -0.138. The van der Waals surface area contributed by atoms with Gasteiger partial charge in [-0.25, -0.2) is 14.5 Å². The average Bonchev–Trinajstić information content (AvgIpc) is 3.12. The number of nitrogens with zero attached hydrogens (tertiary/aromatic N) is 3. The van der Waals surface area contributed by atoms with Crippen LogP contribution >= 0.6 is 0 Å². The SMILES string of the molecule is CCOC(=O)C1=C(n2nc3nc(C)cc(COC)c3c2N)CCC1. The number of ether oxygens (including phenoxy) is 2. The molecule has 2 N–H and O–H groups in total. The second-order valence-corrected chi connectivity index (χ2v) is 5.85. The summed E-state index contributed by atoms with van der Waals surface area (Å²) in [6, 6.07) is 1.95. The molecule has 2 aromatic heterocycles. The van der Waals surface area contributed by atoms with Crippen LogP contribution in [0.4, 0.5) is 5.82 Å². The van der Waals surface area contributed by atoms with Crippen molar-refractivity contribution >= 4 is 28.5 Å². The molecule has 0 spiro atoms. The topological polar surface area (TPSA) is 92.3 Å². The summed E-state index contributed by atoms with van der Waals surface area (Å²) in [7, 11) is 1.64. The van der Waals surface area contributed by atoms with Gasteiger partial charge in [-0.15, -0.1) is 5.10 Å². The van der Waals surface area contributed by atoms with Crippen LogP contribution in [-0.4, -0.2) is 34.5 Å². The van der Waals surface area contributed by atoms with E-state index >= 15 is 0 Å². The Bertz CT molecular complexity index is 823. The van der Waals surface area contributed by atoms with Crippen LogP contribution in [0.2, 0.25) is 0 Å². The third kappa shape index (κ3) is 2.75. The Morgan fingerprint density at radius 3 is 2.92 bits per heavy atom. The van der Waals surface area contributed by atoms with Crippen LogP contribution < -0.4 is 5.73 Å². The van der Waals surface area contributed by atoms with Crippen molar-refractivity contribution in [3.8, 4) is 0 Å². The number of aromatic nitrogens is 3. The lowest BCUT2D eigenvalue weighted by Crippen LogP contribution is -2.11. The minimum atomic E-state index is -0.287. The molecule has 128 valence electrons. The summed E-state index contributed by atoms with van der Waals surface area (Å²) in [4.78, 5) is 16.7. The molecule has 0 fully saturated rings. The number of allylic oxidation sites excluding steroid dienone is 1. The van der Waals surface area contributed by atoms with Crippen molar-refractivity contribution in [2.75, 3.05) is 19.5 Å². The molecule has 1 aliphatic carbocycles. The first kappa shape index (κ1) is 16.4. The van der Waals surface area contributed by atoms with E-state index < -0.39 is 0 Å². The van der Waals surface area contributed by atoms with Gasteiger partial charge in [0.25, 0.3) is 0 Å². The van der Waals surface area contributed by atoms with Gasteiger partial charge in [0, 0.05) is 12.8 Å². The van der Waals surface area contributed by atoms with E-state index in [4.69, 9.17) is 15.2 Å². The Kier molecular flexibility index (Phi) is 4.53. The van der Waals surface area contributed by atoms with E-state index in [1.54, 1.807) is 18.7 Å². The van der Waals surface area contributed by atoms with E-state index in [2.05, 4.69) is 10.1 Å². The van der Waals surface area contributed by atoms with Crippen molar-refractivity contribution in [1.82, 2.24) is 14.8 Å². The Labute approximate surface area is 140 Å². The van der Waals surface area contributed by atoms with Gasteiger partial charge in [-0.3, -0.25) is 0 Å². The fraction of sp³-hybridized carbons (Fsp3) is 0.471. The second-order valence-electron chi connectivity index (χ2n) is 5.85. The number of rotatable bonds is 5. The normalized spacial score (nSPS) is 14.6. The molecule has 0 aromatic carbocycles. The summed E-state index contributed by atoms with van der Waals surface area (Å²) in [6.45, 7) is 4.49. The Balaban J connectivity index is 2.17. The molecule has 0 bridgehead atoms. The van der Waals surface area contributed by atoms with E-state index in [9.17, 15) is 4.79 Å². The number of carbonyl (C=O) groups excluding carboxylic acids is 1.